The van der Waals surface area contributed by atoms with Gasteiger partial charge in [-0.25, -0.2) is 0 Å². The Labute approximate surface area is 75.3 Å². The first-order valence-electron chi connectivity index (χ1n) is 5.35. The maximum atomic E-state index is 3.53. The quantitative estimate of drug-likeness (QED) is 0.633. The van der Waals surface area contributed by atoms with Crippen LogP contribution in [0.25, 0.3) is 0 Å². The Kier molecular flexibility index (Phi) is 2.66. The van der Waals surface area contributed by atoms with E-state index < -0.39 is 0 Å². The van der Waals surface area contributed by atoms with Gasteiger partial charge in [-0.3, -0.25) is 4.90 Å². The van der Waals surface area contributed by atoms with Gasteiger partial charge in [0.1, 0.15) is 0 Å². The van der Waals surface area contributed by atoms with E-state index in [9.17, 15) is 0 Å². The molecule has 0 aromatic carbocycles. The number of likely N-dealkylation sites (tertiary alicyclic amines) is 1. The van der Waals surface area contributed by atoms with Gasteiger partial charge < -0.3 is 5.32 Å². The average molecular weight is 168 g/mol. The first-order valence-corrected chi connectivity index (χ1v) is 5.35. The van der Waals surface area contributed by atoms with Gasteiger partial charge in [0.2, 0.25) is 0 Å². The first kappa shape index (κ1) is 8.52. The van der Waals surface area contributed by atoms with E-state index in [0.717, 1.165) is 12.1 Å². The van der Waals surface area contributed by atoms with Crippen LogP contribution in [0.2, 0.25) is 0 Å². The Hall–Kier alpha value is -0.0800. The summed E-state index contributed by atoms with van der Waals surface area (Å²) in [6.45, 7) is 6.24. The average Bonchev–Trinajstić information content (AvgIpc) is 2.53. The van der Waals surface area contributed by atoms with E-state index in [1.54, 1.807) is 0 Å². The van der Waals surface area contributed by atoms with Crippen molar-refractivity contribution in [1.82, 2.24) is 10.2 Å². The SMILES string of the molecule is CC1NCCC1N1CCCCC1. The normalized spacial score (nSPS) is 38.8. The van der Waals surface area contributed by atoms with Crippen LogP contribution in [0.3, 0.4) is 0 Å². The highest BCUT2D eigenvalue weighted by Gasteiger charge is 2.28. The van der Waals surface area contributed by atoms with Gasteiger partial charge >= 0.3 is 0 Å². The number of hydrogen-bond acceptors (Lipinski definition) is 2. The summed E-state index contributed by atoms with van der Waals surface area (Å²) >= 11 is 0. The van der Waals surface area contributed by atoms with Crippen LogP contribution in [0.1, 0.15) is 32.6 Å². The molecule has 2 heterocycles. The molecule has 0 aliphatic carbocycles. The molecule has 2 heteroatoms. The van der Waals surface area contributed by atoms with Crippen molar-refractivity contribution in [2.45, 2.75) is 44.7 Å². The third kappa shape index (κ3) is 1.64. The van der Waals surface area contributed by atoms with Crippen molar-refractivity contribution < 1.29 is 0 Å². The second-order valence-corrected chi connectivity index (χ2v) is 4.20. The summed E-state index contributed by atoms with van der Waals surface area (Å²) in [6.07, 6.45) is 5.65. The molecule has 0 spiro atoms. The fourth-order valence-corrected chi connectivity index (χ4v) is 2.59. The molecule has 2 unspecified atom stereocenters. The molecule has 0 aromatic heterocycles. The highest BCUT2D eigenvalue weighted by Crippen LogP contribution is 2.19. The Morgan fingerprint density at radius 3 is 2.50 bits per heavy atom. The summed E-state index contributed by atoms with van der Waals surface area (Å²) in [5, 5.41) is 3.53. The lowest BCUT2D eigenvalue weighted by Crippen LogP contribution is -2.44. The van der Waals surface area contributed by atoms with Gasteiger partial charge in [0, 0.05) is 12.1 Å². The van der Waals surface area contributed by atoms with E-state index in [0.29, 0.717) is 0 Å². The summed E-state index contributed by atoms with van der Waals surface area (Å²) < 4.78 is 0. The van der Waals surface area contributed by atoms with Crippen molar-refractivity contribution in [3.8, 4) is 0 Å². The molecule has 2 atom stereocenters. The molecule has 2 fully saturated rings. The molecule has 12 heavy (non-hydrogen) atoms. The van der Waals surface area contributed by atoms with Crippen LogP contribution >= 0.6 is 0 Å². The lowest BCUT2D eigenvalue weighted by molar-refractivity contribution is 0.155. The largest absolute Gasteiger partial charge is 0.313 e. The molecule has 2 rings (SSSR count). The Bertz CT molecular complexity index is 141. The molecule has 0 bridgehead atoms. The molecule has 0 saturated carbocycles. The van der Waals surface area contributed by atoms with Crippen molar-refractivity contribution in [2.75, 3.05) is 19.6 Å². The first-order chi connectivity index (χ1) is 5.88. The monoisotopic (exact) mass is 168 g/mol. The van der Waals surface area contributed by atoms with Crippen molar-refractivity contribution in [3.63, 3.8) is 0 Å². The van der Waals surface area contributed by atoms with Crippen LogP contribution in [-0.2, 0) is 0 Å². The van der Waals surface area contributed by atoms with Crippen LogP contribution in [-0.4, -0.2) is 36.6 Å². The van der Waals surface area contributed by atoms with Gasteiger partial charge in [0.05, 0.1) is 0 Å². The van der Waals surface area contributed by atoms with Crippen molar-refractivity contribution >= 4 is 0 Å². The summed E-state index contributed by atoms with van der Waals surface area (Å²) in [6, 6.07) is 1.56. The zero-order chi connectivity index (χ0) is 8.39. The Morgan fingerprint density at radius 2 is 1.92 bits per heavy atom. The minimum Gasteiger partial charge on any atom is -0.313 e. The van der Waals surface area contributed by atoms with Crippen molar-refractivity contribution in [3.05, 3.63) is 0 Å². The van der Waals surface area contributed by atoms with Gasteiger partial charge in [-0.1, -0.05) is 6.42 Å². The number of rotatable bonds is 1. The van der Waals surface area contributed by atoms with E-state index in [-0.39, 0.29) is 0 Å². The van der Waals surface area contributed by atoms with E-state index >= 15 is 0 Å². The summed E-state index contributed by atoms with van der Waals surface area (Å²) in [5.74, 6) is 0. The molecule has 0 aromatic rings. The van der Waals surface area contributed by atoms with E-state index in [1.807, 2.05) is 0 Å². The van der Waals surface area contributed by atoms with Gasteiger partial charge in [-0.05, 0) is 45.8 Å². The summed E-state index contributed by atoms with van der Waals surface area (Å²) in [4.78, 5) is 2.69. The zero-order valence-electron chi connectivity index (χ0n) is 8.05. The maximum absolute atomic E-state index is 3.53. The third-order valence-corrected chi connectivity index (χ3v) is 3.34. The molecule has 0 amide bonds. The van der Waals surface area contributed by atoms with E-state index in [4.69, 9.17) is 0 Å². The van der Waals surface area contributed by atoms with E-state index in [2.05, 4.69) is 17.1 Å². The molecule has 0 radical (unpaired) electrons. The lowest BCUT2D eigenvalue weighted by atomic mass is 10.0. The van der Waals surface area contributed by atoms with Crippen LogP contribution < -0.4 is 5.32 Å². The number of piperidine rings is 1. The lowest BCUT2D eigenvalue weighted by Gasteiger charge is -2.34. The summed E-state index contributed by atoms with van der Waals surface area (Å²) in [5.41, 5.74) is 0. The molecule has 2 nitrogen and oxygen atoms in total. The topological polar surface area (TPSA) is 15.3 Å². The van der Waals surface area contributed by atoms with Crippen molar-refractivity contribution in [2.24, 2.45) is 0 Å². The van der Waals surface area contributed by atoms with Gasteiger partial charge in [0.15, 0.2) is 0 Å². The highest BCUT2D eigenvalue weighted by atomic mass is 15.2. The standard InChI is InChI=1S/C10H20N2/c1-9-10(5-6-11-9)12-7-3-2-4-8-12/h9-11H,2-8H2,1H3. The number of nitrogens with one attached hydrogen (secondary N) is 1. The predicted octanol–water partition coefficient (Wildman–Crippen LogP) is 1.22. The van der Waals surface area contributed by atoms with Crippen LogP contribution in [0.5, 0.6) is 0 Å². The van der Waals surface area contributed by atoms with Gasteiger partial charge in [0.25, 0.3) is 0 Å². The number of hydrogen-bond donors (Lipinski definition) is 1. The van der Waals surface area contributed by atoms with Gasteiger partial charge in [-0.2, -0.15) is 0 Å². The number of nitrogens with zero attached hydrogens (tertiary/aromatic N) is 1. The third-order valence-electron chi connectivity index (χ3n) is 3.34. The molecule has 2 aliphatic heterocycles. The Balaban J connectivity index is 1.89. The molecular weight excluding hydrogens is 148 g/mol. The minimum atomic E-state index is 0.725. The molecule has 1 N–H and O–H groups in total. The van der Waals surface area contributed by atoms with Crippen LogP contribution in [0, 0.1) is 0 Å². The maximum Gasteiger partial charge on any atom is 0.0258 e. The Morgan fingerprint density at radius 1 is 1.17 bits per heavy atom. The van der Waals surface area contributed by atoms with Crippen molar-refractivity contribution in [1.29, 1.82) is 0 Å². The van der Waals surface area contributed by atoms with E-state index in [1.165, 1.54) is 45.3 Å². The second kappa shape index (κ2) is 3.75. The van der Waals surface area contributed by atoms with Crippen LogP contribution in [0.15, 0.2) is 0 Å². The highest BCUT2D eigenvalue weighted by molar-refractivity contribution is 4.88. The predicted molar refractivity (Wildman–Crippen MR) is 51.3 cm³/mol. The molecule has 2 saturated heterocycles. The molecule has 70 valence electrons. The zero-order valence-corrected chi connectivity index (χ0v) is 8.05. The smallest absolute Gasteiger partial charge is 0.0258 e. The molecular formula is C10H20N2. The second-order valence-electron chi connectivity index (χ2n) is 4.20. The summed E-state index contributed by atoms with van der Waals surface area (Å²) in [7, 11) is 0. The fraction of sp³-hybridized carbons (Fsp3) is 1.00. The molecule has 2 aliphatic rings. The minimum absolute atomic E-state index is 0.725. The fourth-order valence-electron chi connectivity index (χ4n) is 2.59. The van der Waals surface area contributed by atoms with Crippen LogP contribution in [0.4, 0.5) is 0 Å². The van der Waals surface area contributed by atoms with Gasteiger partial charge in [-0.15, -0.1) is 0 Å².